The molecular weight excluding hydrogens is 352 g/mol. The van der Waals surface area contributed by atoms with Gasteiger partial charge in [-0.3, -0.25) is 0 Å². The number of hydrogen-bond acceptors (Lipinski definition) is 2. The summed E-state index contributed by atoms with van der Waals surface area (Å²) in [6.45, 7) is 20.1. The van der Waals surface area contributed by atoms with Gasteiger partial charge in [-0.2, -0.15) is 0 Å². The van der Waals surface area contributed by atoms with Crippen LogP contribution in [0.5, 0.6) is 0 Å². The molecular formula is C27H42N2. The van der Waals surface area contributed by atoms with Gasteiger partial charge in [-0.05, 0) is 58.9 Å². The molecule has 0 aliphatic carbocycles. The SMILES string of the molecule is CC(C)c1cccc(C(C)C)c1N(CCCN)c1c(C(C)C)cccc1C(C)C. The molecule has 160 valence electrons. The molecule has 2 nitrogen and oxygen atoms in total. The van der Waals surface area contributed by atoms with Crippen molar-refractivity contribution in [2.24, 2.45) is 5.73 Å². The monoisotopic (exact) mass is 394 g/mol. The predicted molar refractivity (Wildman–Crippen MR) is 130 cm³/mol. The van der Waals surface area contributed by atoms with Crippen molar-refractivity contribution >= 4 is 11.4 Å². The van der Waals surface area contributed by atoms with Crippen LogP contribution in [0.4, 0.5) is 11.4 Å². The molecule has 2 aromatic rings. The third-order valence-corrected chi connectivity index (χ3v) is 5.81. The van der Waals surface area contributed by atoms with Crippen LogP contribution in [-0.4, -0.2) is 13.1 Å². The van der Waals surface area contributed by atoms with Crippen LogP contribution in [-0.2, 0) is 0 Å². The third-order valence-electron chi connectivity index (χ3n) is 5.81. The minimum absolute atomic E-state index is 0.470. The molecule has 0 fully saturated rings. The first-order valence-corrected chi connectivity index (χ1v) is 11.4. The lowest BCUT2D eigenvalue weighted by Gasteiger charge is -2.36. The van der Waals surface area contributed by atoms with Gasteiger partial charge >= 0.3 is 0 Å². The van der Waals surface area contributed by atoms with E-state index in [1.807, 2.05) is 0 Å². The molecule has 0 amide bonds. The number of nitrogens with zero attached hydrogens (tertiary/aromatic N) is 1. The second kappa shape index (κ2) is 10.3. The van der Waals surface area contributed by atoms with Gasteiger partial charge in [-0.15, -0.1) is 0 Å². The third kappa shape index (κ3) is 5.22. The Morgan fingerprint density at radius 3 is 1.17 bits per heavy atom. The Morgan fingerprint density at radius 2 is 0.931 bits per heavy atom. The fourth-order valence-corrected chi connectivity index (χ4v) is 4.23. The lowest BCUT2D eigenvalue weighted by molar-refractivity contribution is 0.760. The van der Waals surface area contributed by atoms with Gasteiger partial charge in [0.1, 0.15) is 0 Å². The average Bonchev–Trinajstić information content (AvgIpc) is 2.67. The lowest BCUT2D eigenvalue weighted by Crippen LogP contribution is -2.26. The van der Waals surface area contributed by atoms with Crippen LogP contribution < -0.4 is 10.6 Å². The Bertz CT molecular complexity index is 671. The van der Waals surface area contributed by atoms with Gasteiger partial charge in [0.2, 0.25) is 0 Å². The van der Waals surface area contributed by atoms with Crippen molar-refractivity contribution in [1.29, 1.82) is 0 Å². The molecule has 29 heavy (non-hydrogen) atoms. The number of nitrogens with two attached hydrogens (primary N) is 1. The number of rotatable bonds is 9. The molecule has 0 aromatic heterocycles. The smallest absolute Gasteiger partial charge is 0.0481 e. The maximum Gasteiger partial charge on any atom is 0.0481 e. The molecule has 2 rings (SSSR count). The second-order valence-corrected chi connectivity index (χ2v) is 9.48. The van der Waals surface area contributed by atoms with Crippen molar-refractivity contribution in [1.82, 2.24) is 0 Å². The molecule has 0 spiro atoms. The Hall–Kier alpha value is -1.80. The molecule has 0 heterocycles. The highest BCUT2D eigenvalue weighted by molar-refractivity contribution is 5.76. The van der Waals surface area contributed by atoms with Crippen molar-refractivity contribution in [3.05, 3.63) is 58.7 Å². The predicted octanol–water partition coefficient (Wildman–Crippen LogP) is 7.67. The van der Waals surface area contributed by atoms with E-state index >= 15 is 0 Å². The minimum atomic E-state index is 0.470. The summed E-state index contributed by atoms with van der Waals surface area (Å²) in [5.41, 5.74) is 14.5. The first-order chi connectivity index (χ1) is 13.7. The molecule has 0 aliphatic rings. The Morgan fingerprint density at radius 1 is 0.621 bits per heavy atom. The molecule has 2 N–H and O–H groups in total. The van der Waals surface area contributed by atoms with E-state index < -0.39 is 0 Å². The van der Waals surface area contributed by atoms with Crippen LogP contribution >= 0.6 is 0 Å². The first kappa shape index (κ1) is 23.5. The Balaban J connectivity index is 2.89. The second-order valence-electron chi connectivity index (χ2n) is 9.48. The van der Waals surface area contributed by atoms with Crippen LogP contribution in [0.1, 0.15) is 108 Å². The number of para-hydroxylation sites is 2. The van der Waals surface area contributed by atoms with E-state index in [9.17, 15) is 0 Å². The van der Waals surface area contributed by atoms with Gasteiger partial charge in [-0.1, -0.05) is 91.8 Å². The zero-order chi connectivity index (χ0) is 21.7. The van der Waals surface area contributed by atoms with Crippen LogP contribution in [0.2, 0.25) is 0 Å². The topological polar surface area (TPSA) is 29.3 Å². The molecule has 0 saturated carbocycles. The largest absolute Gasteiger partial charge is 0.341 e. The van der Waals surface area contributed by atoms with Crippen molar-refractivity contribution in [2.45, 2.75) is 85.5 Å². The van der Waals surface area contributed by atoms with Gasteiger partial charge < -0.3 is 10.6 Å². The van der Waals surface area contributed by atoms with E-state index in [-0.39, 0.29) is 0 Å². The van der Waals surface area contributed by atoms with E-state index in [4.69, 9.17) is 5.73 Å². The molecule has 0 radical (unpaired) electrons. The van der Waals surface area contributed by atoms with Gasteiger partial charge in [0.25, 0.3) is 0 Å². The highest BCUT2D eigenvalue weighted by Crippen LogP contribution is 2.44. The minimum Gasteiger partial charge on any atom is -0.341 e. The summed E-state index contributed by atoms with van der Waals surface area (Å²) in [5.74, 6) is 1.88. The van der Waals surface area contributed by atoms with Gasteiger partial charge in [0.05, 0.1) is 0 Å². The standard InChI is InChI=1S/C27H42N2/c1-18(2)22-12-9-13-23(19(3)4)26(22)29(17-11-16-28)27-24(20(5)6)14-10-15-25(27)21(7)8/h9-10,12-15,18-21H,11,16-17,28H2,1-8H3. The van der Waals surface area contributed by atoms with Crippen LogP contribution in [0.25, 0.3) is 0 Å². The average molecular weight is 395 g/mol. The van der Waals surface area contributed by atoms with Crippen LogP contribution in [0, 0.1) is 0 Å². The molecule has 0 aliphatic heterocycles. The van der Waals surface area contributed by atoms with E-state index in [0.29, 0.717) is 30.2 Å². The highest BCUT2D eigenvalue weighted by atomic mass is 15.1. The fraction of sp³-hybridized carbons (Fsp3) is 0.556. The zero-order valence-electron chi connectivity index (χ0n) is 19.9. The number of anilines is 2. The quantitative estimate of drug-likeness (QED) is 0.473. The molecule has 0 atom stereocenters. The first-order valence-electron chi connectivity index (χ1n) is 11.4. The molecule has 0 saturated heterocycles. The summed E-state index contributed by atoms with van der Waals surface area (Å²) in [5, 5.41) is 0. The van der Waals surface area contributed by atoms with Gasteiger partial charge in [0.15, 0.2) is 0 Å². The molecule has 0 bridgehead atoms. The Labute approximate surface area is 179 Å². The number of hydrogen-bond donors (Lipinski definition) is 1. The summed E-state index contributed by atoms with van der Waals surface area (Å²) in [4.78, 5) is 2.61. The summed E-state index contributed by atoms with van der Waals surface area (Å²) in [7, 11) is 0. The van der Waals surface area contributed by atoms with Crippen molar-refractivity contribution in [3.8, 4) is 0 Å². The molecule has 0 unspecified atom stereocenters. The summed E-state index contributed by atoms with van der Waals surface area (Å²) in [6, 6.07) is 13.7. The summed E-state index contributed by atoms with van der Waals surface area (Å²) >= 11 is 0. The zero-order valence-corrected chi connectivity index (χ0v) is 19.9. The lowest BCUT2D eigenvalue weighted by atomic mass is 9.88. The normalized spacial score (nSPS) is 11.9. The van der Waals surface area contributed by atoms with Crippen molar-refractivity contribution < 1.29 is 0 Å². The van der Waals surface area contributed by atoms with E-state index in [0.717, 1.165) is 13.0 Å². The molecule has 2 heteroatoms. The maximum absolute atomic E-state index is 6.00. The van der Waals surface area contributed by atoms with Crippen molar-refractivity contribution in [3.63, 3.8) is 0 Å². The maximum atomic E-state index is 6.00. The molecule has 2 aromatic carbocycles. The van der Waals surface area contributed by atoms with E-state index in [1.165, 1.54) is 33.6 Å². The highest BCUT2D eigenvalue weighted by Gasteiger charge is 2.25. The van der Waals surface area contributed by atoms with E-state index in [2.05, 4.69) is 96.7 Å². The number of benzene rings is 2. The Kier molecular flexibility index (Phi) is 8.34. The fourth-order valence-electron chi connectivity index (χ4n) is 4.23. The van der Waals surface area contributed by atoms with Crippen LogP contribution in [0.15, 0.2) is 36.4 Å². The summed E-state index contributed by atoms with van der Waals surface area (Å²) < 4.78 is 0. The van der Waals surface area contributed by atoms with Crippen molar-refractivity contribution in [2.75, 3.05) is 18.0 Å². The van der Waals surface area contributed by atoms with E-state index in [1.54, 1.807) is 0 Å². The summed E-state index contributed by atoms with van der Waals surface area (Å²) in [6.07, 6.45) is 0.980. The van der Waals surface area contributed by atoms with Gasteiger partial charge in [-0.25, -0.2) is 0 Å². The van der Waals surface area contributed by atoms with Crippen LogP contribution in [0.3, 0.4) is 0 Å². The van der Waals surface area contributed by atoms with Gasteiger partial charge in [0, 0.05) is 17.9 Å².